The van der Waals surface area contributed by atoms with Crippen LogP contribution in [0, 0.1) is 0 Å². The van der Waals surface area contributed by atoms with Gasteiger partial charge in [0.2, 0.25) is 0 Å². The average Bonchev–Trinajstić information content (AvgIpc) is 3.21. The first-order chi connectivity index (χ1) is 17.5. The molecule has 9 nitrogen and oxygen atoms in total. The van der Waals surface area contributed by atoms with Gasteiger partial charge in [0, 0.05) is 5.56 Å². The molecule has 36 heavy (non-hydrogen) atoms. The highest BCUT2D eigenvalue weighted by Crippen LogP contribution is 2.22. The number of rotatable bonds is 6. The number of aliphatic imine (C=N–C) groups is 1. The summed E-state index contributed by atoms with van der Waals surface area (Å²) in [4.78, 5) is 47.4. The maximum atomic E-state index is 13.3. The zero-order valence-electron chi connectivity index (χ0n) is 19.3. The highest BCUT2D eigenvalue weighted by atomic mass is 16.5. The summed E-state index contributed by atoms with van der Waals surface area (Å²) in [5.74, 6) is -0.0853. The number of amidine groups is 1. The Hall–Kier alpha value is -5.05. The molecule has 3 aromatic carbocycles. The number of hydrogen-bond donors (Lipinski definition) is 1. The van der Waals surface area contributed by atoms with Crippen LogP contribution in [0.15, 0.2) is 101 Å². The van der Waals surface area contributed by atoms with E-state index in [1.165, 1.54) is 10.8 Å². The van der Waals surface area contributed by atoms with E-state index < -0.39 is 17.4 Å². The lowest BCUT2D eigenvalue weighted by Gasteiger charge is -2.20. The van der Waals surface area contributed by atoms with Crippen LogP contribution in [-0.2, 0) is 16.1 Å². The largest absolute Gasteiger partial charge is 0.497 e. The molecule has 0 aliphatic carbocycles. The average molecular weight is 479 g/mol. The first-order valence-electron chi connectivity index (χ1n) is 11.1. The Kier molecular flexibility index (Phi) is 6.10. The van der Waals surface area contributed by atoms with E-state index in [2.05, 4.69) is 15.4 Å². The van der Waals surface area contributed by atoms with Gasteiger partial charge in [-0.3, -0.25) is 24.4 Å². The van der Waals surface area contributed by atoms with Crippen LogP contribution in [0.3, 0.4) is 0 Å². The fraction of sp³-hybridized carbons (Fsp3) is 0.0741. The third kappa shape index (κ3) is 4.49. The standard InChI is InChI=1S/C27H21N5O4/c1-36-20-13-11-18(12-14-20)15-22-27(35)32(26(29-22)19-7-3-2-4-8-19)30-24(33)17-31-23-10-6-5-9-21(23)28-16-25(31)34/h2-16H,17H2,1H3,(H,30,33)/b22-15+. The number of methoxy groups -OCH3 is 1. The van der Waals surface area contributed by atoms with Gasteiger partial charge in [0.05, 0.1) is 24.3 Å². The molecule has 1 N–H and O–H groups in total. The van der Waals surface area contributed by atoms with Crippen LogP contribution in [0.1, 0.15) is 11.1 Å². The minimum Gasteiger partial charge on any atom is -0.497 e. The lowest BCUT2D eigenvalue weighted by Crippen LogP contribution is -2.49. The lowest BCUT2D eigenvalue weighted by atomic mass is 10.2. The lowest BCUT2D eigenvalue weighted by molar-refractivity contribution is -0.133. The van der Waals surface area contributed by atoms with Crippen molar-refractivity contribution in [1.29, 1.82) is 0 Å². The Bertz CT molecular complexity index is 1570. The number of hydrazine groups is 1. The number of nitrogens with one attached hydrogen (secondary N) is 1. The van der Waals surface area contributed by atoms with Gasteiger partial charge >= 0.3 is 0 Å². The third-order valence-corrected chi connectivity index (χ3v) is 5.60. The number of benzene rings is 3. The van der Waals surface area contributed by atoms with E-state index in [1.807, 2.05) is 18.2 Å². The van der Waals surface area contributed by atoms with Gasteiger partial charge in [-0.2, -0.15) is 5.01 Å². The predicted octanol–water partition coefficient (Wildman–Crippen LogP) is 2.77. The zero-order valence-corrected chi connectivity index (χ0v) is 19.3. The predicted molar refractivity (Wildman–Crippen MR) is 135 cm³/mol. The first kappa shape index (κ1) is 22.7. The van der Waals surface area contributed by atoms with Crippen LogP contribution in [0.25, 0.3) is 17.1 Å². The Morgan fingerprint density at radius 1 is 0.972 bits per heavy atom. The van der Waals surface area contributed by atoms with E-state index >= 15 is 0 Å². The topological polar surface area (TPSA) is 106 Å². The fourth-order valence-corrected chi connectivity index (χ4v) is 3.84. The number of carbonyl (C=O) groups is 2. The summed E-state index contributed by atoms with van der Waals surface area (Å²) in [6, 6.07) is 23.3. The number of carbonyl (C=O) groups excluding carboxylic acids is 2. The van der Waals surface area contributed by atoms with Gasteiger partial charge in [0.1, 0.15) is 18.0 Å². The van der Waals surface area contributed by atoms with Gasteiger partial charge in [-0.1, -0.05) is 54.6 Å². The number of amides is 2. The molecule has 2 amide bonds. The highest BCUT2D eigenvalue weighted by molar-refractivity contribution is 6.20. The fourth-order valence-electron chi connectivity index (χ4n) is 3.84. The molecule has 0 saturated heterocycles. The minimum absolute atomic E-state index is 0.158. The van der Waals surface area contributed by atoms with Gasteiger partial charge in [-0.25, -0.2) is 9.98 Å². The van der Waals surface area contributed by atoms with E-state index in [-0.39, 0.29) is 18.1 Å². The number of hydrogen-bond acceptors (Lipinski definition) is 6. The Labute approximate surface area is 206 Å². The molecule has 0 unspecified atom stereocenters. The molecular formula is C27H21N5O4. The van der Waals surface area contributed by atoms with E-state index in [4.69, 9.17) is 4.74 Å². The summed E-state index contributed by atoms with van der Waals surface area (Å²) in [5, 5.41) is 1.11. The van der Waals surface area contributed by atoms with E-state index in [0.29, 0.717) is 22.3 Å². The molecule has 9 heteroatoms. The van der Waals surface area contributed by atoms with Crippen molar-refractivity contribution in [2.45, 2.75) is 6.54 Å². The molecule has 178 valence electrons. The summed E-state index contributed by atoms with van der Waals surface area (Å²) in [6.45, 7) is -0.300. The van der Waals surface area contributed by atoms with Crippen LogP contribution in [0.4, 0.5) is 0 Å². The Morgan fingerprint density at radius 3 is 2.44 bits per heavy atom. The minimum atomic E-state index is -0.559. The van der Waals surface area contributed by atoms with Crippen LogP contribution in [-0.4, -0.2) is 39.3 Å². The third-order valence-electron chi connectivity index (χ3n) is 5.60. The summed E-state index contributed by atoms with van der Waals surface area (Å²) in [7, 11) is 1.58. The van der Waals surface area contributed by atoms with E-state index in [1.54, 1.807) is 73.8 Å². The van der Waals surface area contributed by atoms with Crippen molar-refractivity contribution < 1.29 is 14.3 Å². The maximum absolute atomic E-state index is 13.3. The van der Waals surface area contributed by atoms with Gasteiger partial charge in [-0.15, -0.1) is 0 Å². The van der Waals surface area contributed by atoms with Crippen LogP contribution < -0.4 is 15.7 Å². The molecule has 0 fully saturated rings. The Morgan fingerprint density at radius 2 is 1.69 bits per heavy atom. The second-order valence-electron chi connectivity index (χ2n) is 7.95. The number of nitrogens with zero attached hydrogens (tertiary/aromatic N) is 4. The molecule has 0 bridgehead atoms. The molecule has 5 rings (SSSR count). The van der Waals surface area contributed by atoms with Crippen LogP contribution in [0.2, 0.25) is 0 Å². The van der Waals surface area contributed by atoms with E-state index in [0.717, 1.165) is 10.6 Å². The molecule has 2 heterocycles. The smallest absolute Gasteiger partial charge is 0.297 e. The van der Waals surface area contributed by atoms with Crippen molar-refractivity contribution in [2.75, 3.05) is 7.11 Å². The number of fused-ring (bicyclic) bond motifs is 1. The molecule has 0 radical (unpaired) electrons. The molecule has 1 aliphatic heterocycles. The number of aromatic nitrogens is 2. The molecule has 0 saturated carbocycles. The van der Waals surface area contributed by atoms with Crippen molar-refractivity contribution in [3.8, 4) is 5.75 Å². The van der Waals surface area contributed by atoms with Crippen molar-refractivity contribution in [3.63, 3.8) is 0 Å². The van der Waals surface area contributed by atoms with Crippen molar-refractivity contribution >= 4 is 34.8 Å². The zero-order chi connectivity index (χ0) is 25.1. The number of para-hydroxylation sites is 2. The van der Waals surface area contributed by atoms with E-state index in [9.17, 15) is 14.4 Å². The van der Waals surface area contributed by atoms with Crippen molar-refractivity contribution in [3.05, 3.63) is 112 Å². The maximum Gasteiger partial charge on any atom is 0.297 e. The number of ether oxygens (including phenoxy) is 1. The second-order valence-corrected chi connectivity index (χ2v) is 7.95. The van der Waals surface area contributed by atoms with Crippen molar-refractivity contribution in [1.82, 2.24) is 20.0 Å². The van der Waals surface area contributed by atoms with Crippen LogP contribution >= 0.6 is 0 Å². The normalized spacial score (nSPS) is 14.2. The monoisotopic (exact) mass is 479 g/mol. The second kappa shape index (κ2) is 9.67. The molecule has 0 atom stereocenters. The quantitative estimate of drug-likeness (QED) is 0.428. The van der Waals surface area contributed by atoms with Crippen molar-refractivity contribution in [2.24, 2.45) is 4.99 Å². The van der Waals surface area contributed by atoms with Gasteiger partial charge < -0.3 is 4.74 Å². The van der Waals surface area contributed by atoms with Gasteiger partial charge in [0.15, 0.2) is 5.84 Å². The van der Waals surface area contributed by atoms with Gasteiger partial charge in [-0.05, 0) is 35.9 Å². The van der Waals surface area contributed by atoms with Gasteiger partial charge in [0.25, 0.3) is 17.4 Å². The first-order valence-corrected chi connectivity index (χ1v) is 11.1. The molecule has 4 aromatic rings. The highest BCUT2D eigenvalue weighted by Gasteiger charge is 2.32. The summed E-state index contributed by atoms with van der Waals surface area (Å²) < 4.78 is 6.49. The SMILES string of the molecule is COc1ccc(/C=C2/N=C(c3ccccc3)N(NC(=O)Cn3c(=O)cnc4ccccc43)C2=O)cc1. The molecule has 1 aromatic heterocycles. The summed E-state index contributed by atoms with van der Waals surface area (Å²) in [5.41, 5.74) is 4.86. The van der Waals surface area contributed by atoms with Crippen LogP contribution in [0.5, 0.6) is 5.75 Å². The molecule has 1 aliphatic rings. The Balaban J connectivity index is 1.45. The molecule has 0 spiro atoms. The summed E-state index contributed by atoms with van der Waals surface area (Å²) in [6.07, 6.45) is 2.81. The molecular weight excluding hydrogens is 458 g/mol. The summed E-state index contributed by atoms with van der Waals surface area (Å²) >= 11 is 0.